The van der Waals surface area contributed by atoms with Gasteiger partial charge in [-0.3, -0.25) is 14.5 Å². The summed E-state index contributed by atoms with van der Waals surface area (Å²) in [5.41, 5.74) is 1.41. The Labute approximate surface area is 208 Å². The fourth-order valence-electron chi connectivity index (χ4n) is 3.60. The van der Waals surface area contributed by atoms with Crippen LogP contribution in [0.2, 0.25) is 0 Å². The van der Waals surface area contributed by atoms with E-state index in [4.69, 9.17) is 16.3 Å². The normalized spacial score (nSPS) is 16.6. The molecule has 1 N–H and O–H groups in total. The Morgan fingerprint density at radius 2 is 1.68 bits per heavy atom. The maximum absolute atomic E-state index is 14.0. The van der Waals surface area contributed by atoms with E-state index in [0.29, 0.717) is 11.4 Å². The van der Waals surface area contributed by atoms with Gasteiger partial charge in [-0.1, -0.05) is 90.1 Å². The molecule has 4 rings (SSSR count). The summed E-state index contributed by atoms with van der Waals surface area (Å²) in [6.07, 6.45) is 2.88. The molecule has 6 nitrogen and oxygen atoms in total. The van der Waals surface area contributed by atoms with Gasteiger partial charge in [-0.2, -0.15) is 0 Å². The van der Waals surface area contributed by atoms with Crippen LogP contribution in [0.1, 0.15) is 30.1 Å². The van der Waals surface area contributed by atoms with Gasteiger partial charge in [0.15, 0.2) is 10.8 Å². The fourth-order valence-corrected chi connectivity index (χ4v) is 4.75. The number of alkyl halides is 1. The number of carbonyl (C=O) groups is 2. The van der Waals surface area contributed by atoms with E-state index in [1.807, 2.05) is 36.4 Å². The van der Waals surface area contributed by atoms with E-state index < -0.39 is 23.9 Å². The number of benzene rings is 2. The molecule has 0 fully saturated rings. The van der Waals surface area contributed by atoms with Crippen molar-refractivity contribution in [1.82, 2.24) is 10.3 Å². The standard InChI is InChI=1S/C26H24ClN3O3S/c1-18(19-10-4-2-5-11-19)33-25(32)23(20-12-6-3-7-13-20)24(31)30(22-14-8-9-15-28-22)17-21-16-29-26(27)34-21/h2-16,18,23,26,29H,17H2,1H3. The third-order valence-electron chi connectivity index (χ3n) is 5.31. The van der Waals surface area contributed by atoms with Crippen molar-refractivity contribution in [2.45, 2.75) is 23.8 Å². The van der Waals surface area contributed by atoms with Crippen LogP contribution in [0.3, 0.4) is 0 Å². The molecule has 1 amide bonds. The number of carbonyl (C=O) groups excluding carboxylic acids is 2. The summed E-state index contributed by atoms with van der Waals surface area (Å²) < 4.78 is 5.79. The number of ether oxygens (including phenoxy) is 1. The topological polar surface area (TPSA) is 71.5 Å². The first-order valence-corrected chi connectivity index (χ1v) is 12.1. The number of amides is 1. The molecule has 8 heteroatoms. The van der Waals surface area contributed by atoms with Gasteiger partial charge < -0.3 is 10.1 Å². The molecule has 0 radical (unpaired) electrons. The molecule has 1 aromatic heterocycles. The number of nitrogens with one attached hydrogen (secondary N) is 1. The van der Waals surface area contributed by atoms with E-state index in [2.05, 4.69) is 10.3 Å². The van der Waals surface area contributed by atoms with E-state index in [9.17, 15) is 9.59 Å². The largest absolute Gasteiger partial charge is 0.457 e. The van der Waals surface area contributed by atoms with Crippen LogP contribution in [0.4, 0.5) is 5.82 Å². The molecule has 0 saturated heterocycles. The van der Waals surface area contributed by atoms with Crippen LogP contribution >= 0.6 is 23.4 Å². The molecule has 174 valence electrons. The SMILES string of the molecule is CC(OC(=O)C(C(=O)N(CC1=CNC(Cl)S1)c1ccccn1)c1ccccc1)c1ccccc1. The van der Waals surface area contributed by atoms with Crippen molar-refractivity contribution in [3.63, 3.8) is 0 Å². The van der Waals surface area contributed by atoms with Crippen molar-refractivity contribution in [3.8, 4) is 0 Å². The molecular formula is C26H24ClN3O3S. The number of pyridine rings is 1. The smallest absolute Gasteiger partial charge is 0.323 e. The van der Waals surface area contributed by atoms with E-state index in [1.165, 1.54) is 16.7 Å². The molecule has 0 bridgehead atoms. The Morgan fingerprint density at radius 1 is 1.03 bits per heavy atom. The summed E-state index contributed by atoms with van der Waals surface area (Å²) in [5.74, 6) is -1.75. The van der Waals surface area contributed by atoms with Gasteiger partial charge in [0.2, 0.25) is 5.91 Å². The van der Waals surface area contributed by atoms with Crippen molar-refractivity contribution < 1.29 is 14.3 Å². The van der Waals surface area contributed by atoms with E-state index in [-0.39, 0.29) is 11.4 Å². The number of thioether (sulfide) groups is 1. The number of esters is 1. The van der Waals surface area contributed by atoms with Crippen molar-refractivity contribution in [2.24, 2.45) is 0 Å². The van der Waals surface area contributed by atoms with Crippen LogP contribution in [0.25, 0.3) is 0 Å². The lowest BCUT2D eigenvalue weighted by atomic mass is 9.97. The maximum Gasteiger partial charge on any atom is 0.323 e. The molecule has 2 aromatic carbocycles. The Hall–Kier alpha value is -3.29. The molecule has 3 unspecified atom stereocenters. The van der Waals surface area contributed by atoms with Gasteiger partial charge in [0.1, 0.15) is 11.9 Å². The van der Waals surface area contributed by atoms with E-state index in [0.717, 1.165) is 10.5 Å². The molecule has 0 saturated carbocycles. The van der Waals surface area contributed by atoms with Crippen molar-refractivity contribution in [3.05, 3.63) is 107 Å². The third-order valence-corrected chi connectivity index (χ3v) is 6.60. The zero-order valence-corrected chi connectivity index (χ0v) is 20.1. The van der Waals surface area contributed by atoms with Crippen molar-refractivity contribution >= 4 is 41.1 Å². The molecule has 0 spiro atoms. The molecule has 1 aliphatic heterocycles. The number of nitrogens with zero attached hydrogens (tertiary/aromatic N) is 2. The lowest BCUT2D eigenvalue weighted by Crippen LogP contribution is -2.40. The number of hydrogen-bond acceptors (Lipinski definition) is 6. The van der Waals surface area contributed by atoms with Gasteiger partial charge in [0.05, 0.1) is 6.54 Å². The predicted molar refractivity (Wildman–Crippen MR) is 135 cm³/mol. The molecule has 34 heavy (non-hydrogen) atoms. The lowest BCUT2D eigenvalue weighted by molar-refractivity contribution is -0.152. The maximum atomic E-state index is 14.0. The molecule has 3 atom stereocenters. The quantitative estimate of drug-likeness (QED) is 0.201. The Bertz CT molecular complexity index is 1150. The number of anilines is 1. The number of hydrogen-bond donors (Lipinski definition) is 1. The van der Waals surface area contributed by atoms with Crippen LogP contribution in [-0.2, 0) is 14.3 Å². The third kappa shape index (κ3) is 5.79. The number of aromatic nitrogens is 1. The van der Waals surface area contributed by atoms with Gasteiger partial charge >= 0.3 is 5.97 Å². The zero-order chi connectivity index (χ0) is 23.9. The first-order chi connectivity index (χ1) is 16.5. The second-order valence-corrected chi connectivity index (χ2v) is 9.58. The molecule has 2 heterocycles. The average Bonchev–Trinajstić information content (AvgIpc) is 3.29. The first kappa shape index (κ1) is 23.9. The summed E-state index contributed by atoms with van der Waals surface area (Å²) in [4.78, 5) is 33.8. The summed E-state index contributed by atoms with van der Waals surface area (Å²) in [6.45, 7) is 2.02. The second-order valence-electron chi connectivity index (χ2n) is 7.66. The van der Waals surface area contributed by atoms with Gasteiger partial charge in [-0.15, -0.1) is 0 Å². The van der Waals surface area contributed by atoms with Gasteiger partial charge in [-0.25, -0.2) is 4.98 Å². The minimum Gasteiger partial charge on any atom is -0.457 e. The van der Waals surface area contributed by atoms with Crippen molar-refractivity contribution in [2.75, 3.05) is 11.4 Å². The molecule has 3 aromatic rings. The van der Waals surface area contributed by atoms with Gasteiger partial charge in [0.25, 0.3) is 0 Å². The van der Waals surface area contributed by atoms with Gasteiger partial charge in [0, 0.05) is 17.3 Å². The summed E-state index contributed by atoms with van der Waals surface area (Å²) in [6, 6.07) is 23.7. The Balaban J connectivity index is 1.65. The zero-order valence-electron chi connectivity index (χ0n) is 18.5. The molecular weight excluding hydrogens is 470 g/mol. The highest BCUT2D eigenvalue weighted by atomic mass is 35.5. The molecule has 1 aliphatic rings. The average molecular weight is 494 g/mol. The van der Waals surface area contributed by atoms with Crippen molar-refractivity contribution in [1.29, 1.82) is 0 Å². The number of halogens is 1. The van der Waals surface area contributed by atoms with Crippen LogP contribution in [-0.4, -0.2) is 28.2 Å². The van der Waals surface area contributed by atoms with Gasteiger partial charge in [-0.05, 0) is 30.2 Å². The number of rotatable bonds is 8. The van der Waals surface area contributed by atoms with Crippen LogP contribution < -0.4 is 10.2 Å². The van der Waals surface area contributed by atoms with Crippen LogP contribution in [0.15, 0.2) is 96.2 Å². The highest BCUT2D eigenvalue weighted by Gasteiger charge is 2.36. The van der Waals surface area contributed by atoms with Crippen LogP contribution in [0, 0.1) is 0 Å². The highest BCUT2D eigenvalue weighted by molar-refractivity contribution is 8.05. The summed E-state index contributed by atoms with van der Waals surface area (Å²) in [7, 11) is 0. The van der Waals surface area contributed by atoms with Crippen LogP contribution in [0.5, 0.6) is 0 Å². The summed E-state index contributed by atoms with van der Waals surface area (Å²) >= 11 is 7.55. The fraction of sp³-hybridized carbons (Fsp3) is 0.192. The minimum atomic E-state index is -1.15. The highest BCUT2D eigenvalue weighted by Crippen LogP contribution is 2.32. The monoisotopic (exact) mass is 493 g/mol. The lowest BCUT2D eigenvalue weighted by Gasteiger charge is -2.27. The molecule has 0 aliphatic carbocycles. The second kappa shape index (κ2) is 11.2. The Morgan fingerprint density at radius 3 is 2.26 bits per heavy atom. The Kier molecular flexibility index (Phi) is 7.87. The van der Waals surface area contributed by atoms with E-state index in [1.54, 1.807) is 61.8 Å². The predicted octanol–water partition coefficient (Wildman–Crippen LogP) is 5.20. The van der Waals surface area contributed by atoms with E-state index >= 15 is 0 Å². The first-order valence-electron chi connectivity index (χ1n) is 10.8. The minimum absolute atomic E-state index is 0.224. The summed E-state index contributed by atoms with van der Waals surface area (Å²) in [5, 5.41) is 3.01.